The van der Waals surface area contributed by atoms with E-state index in [2.05, 4.69) is 9.84 Å². The Morgan fingerprint density at radius 2 is 2.07 bits per heavy atom. The topological polar surface area (TPSA) is 73.2 Å². The standard InChI is InChI=1S/C22H22N2O4/c1-6-10-27-22(26)18-13(3)24-14(4)20(23-5)19(18)16-9-7-8-15-17(25)11-12(2)28-21(15)16/h7-9,11,19-20H,6,10H2,1-4H3/t19-,20?/m0/s1. The van der Waals surface area contributed by atoms with E-state index < -0.39 is 17.9 Å². The smallest absolute Gasteiger partial charge is 0.336 e. The fraction of sp³-hybridized carbons (Fsp3) is 0.364. The van der Waals surface area contributed by atoms with Crippen LogP contribution in [0.4, 0.5) is 0 Å². The number of rotatable bonds is 4. The first kappa shape index (κ1) is 19.6. The number of carbonyl (C=O) groups excluding carboxylic acids is 1. The number of nitrogens with zero attached hydrogens (tertiary/aromatic N) is 2. The Balaban J connectivity index is 2.29. The average molecular weight is 378 g/mol. The Morgan fingerprint density at radius 1 is 1.32 bits per heavy atom. The largest absolute Gasteiger partial charge is 0.462 e. The predicted molar refractivity (Wildman–Crippen MR) is 107 cm³/mol. The summed E-state index contributed by atoms with van der Waals surface area (Å²) in [5.41, 5.74) is 2.35. The first-order valence-electron chi connectivity index (χ1n) is 9.22. The number of para-hydroxylation sites is 1. The van der Waals surface area contributed by atoms with Crippen LogP contribution in [-0.4, -0.2) is 24.3 Å². The molecule has 0 fully saturated rings. The van der Waals surface area contributed by atoms with Gasteiger partial charge in [0, 0.05) is 17.3 Å². The van der Waals surface area contributed by atoms with Crippen molar-refractivity contribution in [2.75, 3.05) is 6.61 Å². The molecule has 1 aliphatic heterocycles. The van der Waals surface area contributed by atoms with Gasteiger partial charge in [-0.25, -0.2) is 11.4 Å². The third-order valence-corrected chi connectivity index (χ3v) is 4.83. The van der Waals surface area contributed by atoms with Crippen LogP contribution in [-0.2, 0) is 9.53 Å². The predicted octanol–water partition coefficient (Wildman–Crippen LogP) is 4.17. The Labute approximate surface area is 163 Å². The molecule has 0 amide bonds. The number of hydrogen-bond donors (Lipinski definition) is 0. The SMILES string of the molecule is [C-]#[N+]C1C(C)=NC(C)=C(C(=O)OCCC)[C@@H]1c1cccc2c(=O)cc(C)oc12. The van der Waals surface area contributed by atoms with Crippen molar-refractivity contribution in [3.8, 4) is 0 Å². The molecule has 0 spiro atoms. The lowest BCUT2D eigenvalue weighted by Crippen LogP contribution is -2.32. The van der Waals surface area contributed by atoms with Crippen molar-refractivity contribution >= 4 is 22.7 Å². The van der Waals surface area contributed by atoms with Gasteiger partial charge in [0.1, 0.15) is 17.3 Å². The number of aryl methyl sites for hydroxylation is 1. The van der Waals surface area contributed by atoms with E-state index >= 15 is 0 Å². The van der Waals surface area contributed by atoms with Gasteiger partial charge in [-0.05, 0) is 33.3 Å². The quantitative estimate of drug-likeness (QED) is 0.591. The summed E-state index contributed by atoms with van der Waals surface area (Å²) >= 11 is 0. The fourth-order valence-corrected chi connectivity index (χ4v) is 3.62. The molecule has 1 aromatic carbocycles. The zero-order valence-electron chi connectivity index (χ0n) is 16.4. The van der Waals surface area contributed by atoms with Crippen molar-refractivity contribution in [1.29, 1.82) is 0 Å². The van der Waals surface area contributed by atoms with E-state index in [1.807, 2.05) is 6.92 Å². The maximum absolute atomic E-state index is 12.8. The van der Waals surface area contributed by atoms with Gasteiger partial charge in [0.05, 0.1) is 23.3 Å². The van der Waals surface area contributed by atoms with E-state index in [1.165, 1.54) is 6.07 Å². The Kier molecular flexibility index (Phi) is 5.46. The summed E-state index contributed by atoms with van der Waals surface area (Å²) in [6.07, 6.45) is 0.694. The molecule has 28 heavy (non-hydrogen) atoms. The molecule has 1 unspecified atom stereocenters. The molecule has 6 nitrogen and oxygen atoms in total. The van der Waals surface area contributed by atoms with Crippen molar-refractivity contribution < 1.29 is 13.9 Å². The average Bonchev–Trinajstić information content (AvgIpc) is 2.65. The number of fused-ring (bicyclic) bond motifs is 1. The molecule has 0 saturated heterocycles. The van der Waals surface area contributed by atoms with E-state index in [4.69, 9.17) is 15.7 Å². The summed E-state index contributed by atoms with van der Waals surface area (Å²) in [6, 6.07) is 5.99. The second-order valence-corrected chi connectivity index (χ2v) is 6.89. The van der Waals surface area contributed by atoms with Gasteiger partial charge in [0.25, 0.3) is 6.04 Å². The molecular weight excluding hydrogens is 356 g/mol. The van der Waals surface area contributed by atoms with Crippen LogP contribution in [0.5, 0.6) is 0 Å². The second kappa shape index (κ2) is 7.81. The molecule has 0 radical (unpaired) electrons. The van der Waals surface area contributed by atoms with Crippen LogP contribution in [0.3, 0.4) is 0 Å². The summed E-state index contributed by atoms with van der Waals surface area (Å²) < 4.78 is 11.3. The Hall–Kier alpha value is -3.20. The molecule has 1 aliphatic rings. The molecule has 1 aromatic heterocycles. The third kappa shape index (κ3) is 3.36. The number of esters is 1. The molecule has 2 atom stereocenters. The highest BCUT2D eigenvalue weighted by molar-refractivity contribution is 6.01. The highest BCUT2D eigenvalue weighted by Gasteiger charge is 2.43. The van der Waals surface area contributed by atoms with Crippen LogP contribution in [0.25, 0.3) is 15.8 Å². The van der Waals surface area contributed by atoms with Gasteiger partial charge in [0.15, 0.2) is 5.43 Å². The van der Waals surface area contributed by atoms with Gasteiger partial charge in [-0.2, -0.15) is 0 Å². The first-order chi connectivity index (χ1) is 13.4. The summed E-state index contributed by atoms with van der Waals surface area (Å²) in [5.74, 6) is -0.629. The van der Waals surface area contributed by atoms with E-state index in [-0.39, 0.29) is 12.0 Å². The Morgan fingerprint density at radius 3 is 2.75 bits per heavy atom. The molecular formula is C22H22N2O4. The van der Waals surface area contributed by atoms with Crippen LogP contribution >= 0.6 is 0 Å². The van der Waals surface area contributed by atoms with Crippen molar-refractivity contribution in [2.45, 2.75) is 46.1 Å². The van der Waals surface area contributed by atoms with Crippen molar-refractivity contribution in [3.63, 3.8) is 0 Å². The summed E-state index contributed by atoms with van der Waals surface area (Å²) in [7, 11) is 0. The second-order valence-electron chi connectivity index (χ2n) is 6.89. The minimum absolute atomic E-state index is 0.156. The molecule has 2 aromatic rings. The molecule has 0 N–H and O–H groups in total. The monoisotopic (exact) mass is 378 g/mol. The lowest BCUT2D eigenvalue weighted by atomic mass is 9.79. The highest BCUT2D eigenvalue weighted by Crippen LogP contribution is 2.40. The van der Waals surface area contributed by atoms with Gasteiger partial charge in [-0.1, -0.05) is 19.1 Å². The molecule has 144 valence electrons. The number of benzene rings is 1. The lowest BCUT2D eigenvalue weighted by molar-refractivity contribution is -0.139. The van der Waals surface area contributed by atoms with E-state index in [0.29, 0.717) is 45.7 Å². The number of hydrogen-bond acceptors (Lipinski definition) is 5. The minimum atomic E-state index is -0.677. The van der Waals surface area contributed by atoms with Gasteiger partial charge < -0.3 is 14.0 Å². The Bertz CT molecular complexity index is 1100. The fourth-order valence-electron chi connectivity index (χ4n) is 3.62. The van der Waals surface area contributed by atoms with Gasteiger partial charge >= 0.3 is 5.97 Å². The molecule has 0 saturated carbocycles. The zero-order chi connectivity index (χ0) is 20.4. The van der Waals surface area contributed by atoms with Crippen LogP contribution in [0.2, 0.25) is 0 Å². The van der Waals surface area contributed by atoms with Crippen molar-refractivity contribution in [1.82, 2.24) is 0 Å². The number of allylic oxidation sites excluding steroid dienone is 1. The van der Waals surface area contributed by atoms with E-state index in [1.54, 1.807) is 39.0 Å². The summed E-state index contributed by atoms with van der Waals surface area (Å²) in [5, 5.41) is 0.422. The van der Waals surface area contributed by atoms with Crippen LogP contribution in [0.1, 0.15) is 44.4 Å². The van der Waals surface area contributed by atoms with Crippen LogP contribution in [0, 0.1) is 13.5 Å². The maximum Gasteiger partial charge on any atom is 0.336 e. The van der Waals surface area contributed by atoms with Gasteiger partial charge in [-0.3, -0.25) is 9.79 Å². The van der Waals surface area contributed by atoms with Crippen LogP contribution in [0.15, 0.2) is 49.7 Å². The van der Waals surface area contributed by atoms with Crippen molar-refractivity contribution in [3.05, 3.63) is 68.5 Å². The minimum Gasteiger partial charge on any atom is -0.462 e. The first-order valence-corrected chi connectivity index (χ1v) is 9.22. The zero-order valence-corrected chi connectivity index (χ0v) is 16.4. The number of aliphatic imine (C=N–C) groups is 1. The van der Waals surface area contributed by atoms with Gasteiger partial charge in [-0.15, -0.1) is 0 Å². The highest BCUT2D eigenvalue weighted by atomic mass is 16.5. The molecule has 3 rings (SSSR count). The molecule has 6 heteroatoms. The van der Waals surface area contributed by atoms with Crippen molar-refractivity contribution in [2.24, 2.45) is 4.99 Å². The summed E-state index contributed by atoms with van der Waals surface area (Å²) in [4.78, 5) is 33.4. The molecule has 0 aliphatic carbocycles. The maximum atomic E-state index is 12.8. The molecule has 0 bridgehead atoms. The number of carbonyl (C=O) groups is 1. The van der Waals surface area contributed by atoms with E-state index in [9.17, 15) is 9.59 Å². The van der Waals surface area contributed by atoms with Crippen LogP contribution < -0.4 is 5.43 Å². The van der Waals surface area contributed by atoms with Gasteiger partial charge in [0.2, 0.25) is 0 Å². The number of ether oxygens (including phenoxy) is 1. The van der Waals surface area contributed by atoms with E-state index in [0.717, 1.165) is 0 Å². The summed E-state index contributed by atoms with van der Waals surface area (Å²) in [6.45, 7) is 15.1. The molecule has 2 heterocycles. The normalized spacial score (nSPS) is 19.3. The third-order valence-electron chi connectivity index (χ3n) is 4.83. The lowest BCUT2D eigenvalue weighted by Gasteiger charge is -2.26.